The zero-order valence-electron chi connectivity index (χ0n) is 15.3. The lowest BCUT2D eigenvalue weighted by molar-refractivity contribution is -0.157. The van der Waals surface area contributed by atoms with Crippen molar-refractivity contribution in [1.29, 1.82) is 0 Å². The van der Waals surface area contributed by atoms with E-state index in [0.717, 1.165) is 5.56 Å². The number of carbonyl (C=O) groups excluding carboxylic acids is 1. The average molecular weight is 374 g/mol. The van der Waals surface area contributed by atoms with Gasteiger partial charge in [-0.2, -0.15) is 4.98 Å². The van der Waals surface area contributed by atoms with Crippen LogP contribution in [0, 0.1) is 0 Å². The Morgan fingerprint density at radius 3 is 2.67 bits per heavy atom. The summed E-state index contributed by atoms with van der Waals surface area (Å²) in [7, 11) is 0. The van der Waals surface area contributed by atoms with E-state index in [4.69, 9.17) is 9.47 Å². The van der Waals surface area contributed by atoms with Crippen LogP contribution in [0.4, 0.5) is 5.69 Å². The van der Waals surface area contributed by atoms with Gasteiger partial charge in [-0.25, -0.2) is 4.79 Å². The standard InChI is InChI=1S/C19H22N2O6/c1-19(2,3)27-16(23)10-26-12-5-4-11-9-21(18(25)13(11)8-12)14-6-7-15(22)20-17(14)24/h4-8,18,25H,9-10H2,1-3H3,(H2,20,22,24). The average Bonchev–Trinajstić information content (AvgIpc) is 2.88. The highest BCUT2D eigenvalue weighted by molar-refractivity contribution is 5.71. The van der Waals surface area contributed by atoms with E-state index in [0.29, 0.717) is 23.5 Å². The monoisotopic (exact) mass is 374 g/mol. The molecule has 0 saturated heterocycles. The third kappa shape index (κ3) is 4.22. The second-order valence-electron chi connectivity index (χ2n) is 7.25. The number of hydrogen-bond acceptors (Lipinski definition) is 8. The van der Waals surface area contributed by atoms with Gasteiger partial charge in [-0.1, -0.05) is 6.07 Å². The molecule has 0 saturated carbocycles. The van der Waals surface area contributed by atoms with Crippen molar-refractivity contribution in [1.82, 2.24) is 4.98 Å². The van der Waals surface area contributed by atoms with E-state index in [2.05, 4.69) is 4.98 Å². The van der Waals surface area contributed by atoms with Crippen molar-refractivity contribution in [2.24, 2.45) is 0 Å². The fourth-order valence-electron chi connectivity index (χ4n) is 2.87. The summed E-state index contributed by atoms with van der Waals surface area (Å²) in [5.41, 5.74) is 1.16. The summed E-state index contributed by atoms with van der Waals surface area (Å²) in [6.45, 7) is 5.44. The molecule has 2 heterocycles. The first kappa shape index (κ1) is 18.8. The highest BCUT2D eigenvalue weighted by Gasteiger charge is 2.31. The molecule has 1 aliphatic rings. The first-order valence-corrected chi connectivity index (χ1v) is 8.45. The number of aromatic nitrogens is 1. The number of aliphatic hydroxyl groups excluding tert-OH is 1. The van der Waals surface area contributed by atoms with Crippen LogP contribution in [-0.4, -0.2) is 38.5 Å². The molecule has 0 fully saturated rings. The number of carbonyl (C=O) groups is 1. The molecule has 27 heavy (non-hydrogen) atoms. The van der Waals surface area contributed by atoms with Gasteiger partial charge in [0.15, 0.2) is 12.8 Å². The number of benzene rings is 1. The van der Waals surface area contributed by atoms with Crippen molar-refractivity contribution >= 4 is 11.7 Å². The van der Waals surface area contributed by atoms with Gasteiger partial charge in [-0.05, 0) is 44.5 Å². The maximum absolute atomic E-state index is 11.8. The smallest absolute Gasteiger partial charge is 0.344 e. The molecule has 1 atom stereocenters. The number of nitrogens with zero attached hydrogens (tertiary/aromatic N) is 2. The number of hydrogen-bond donors (Lipinski definition) is 3. The number of ether oxygens (including phenoxy) is 2. The lowest BCUT2D eigenvalue weighted by Crippen LogP contribution is -2.27. The molecule has 144 valence electrons. The maximum atomic E-state index is 11.8. The number of aliphatic hydroxyl groups is 1. The van der Waals surface area contributed by atoms with Gasteiger partial charge in [-0.15, -0.1) is 0 Å². The van der Waals surface area contributed by atoms with Crippen LogP contribution in [0.15, 0.2) is 30.3 Å². The molecular weight excluding hydrogens is 352 g/mol. The van der Waals surface area contributed by atoms with E-state index in [-0.39, 0.29) is 18.4 Å². The van der Waals surface area contributed by atoms with Gasteiger partial charge < -0.3 is 29.7 Å². The number of rotatable bonds is 4. The second kappa shape index (κ2) is 6.96. The lowest BCUT2D eigenvalue weighted by Gasteiger charge is -2.23. The number of fused-ring (bicyclic) bond motifs is 1. The third-order valence-corrected chi connectivity index (χ3v) is 3.96. The SMILES string of the molecule is CC(C)(C)OC(=O)COc1ccc2c(c1)C(O)N(c1ccc(O)nc1O)C2. The molecule has 3 rings (SSSR count). The highest BCUT2D eigenvalue weighted by atomic mass is 16.6. The van der Waals surface area contributed by atoms with Gasteiger partial charge in [0.25, 0.3) is 0 Å². The highest BCUT2D eigenvalue weighted by Crippen LogP contribution is 2.40. The first-order chi connectivity index (χ1) is 12.6. The molecule has 8 heteroatoms. The molecule has 0 spiro atoms. The first-order valence-electron chi connectivity index (χ1n) is 8.45. The molecule has 2 aromatic rings. The Morgan fingerprint density at radius 2 is 2.00 bits per heavy atom. The van der Waals surface area contributed by atoms with Gasteiger partial charge in [0, 0.05) is 18.2 Å². The Balaban J connectivity index is 1.72. The zero-order valence-corrected chi connectivity index (χ0v) is 15.3. The molecule has 3 N–H and O–H groups in total. The summed E-state index contributed by atoms with van der Waals surface area (Å²) in [6.07, 6.45) is -1.03. The fourth-order valence-corrected chi connectivity index (χ4v) is 2.87. The van der Waals surface area contributed by atoms with E-state index in [1.807, 2.05) is 0 Å². The Hall–Kier alpha value is -3.00. The summed E-state index contributed by atoms with van der Waals surface area (Å²) < 4.78 is 10.7. The molecular formula is C19H22N2O6. The number of esters is 1. The second-order valence-corrected chi connectivity index (χ2v) is 7.25. The fraction of sp³-hybridized carbons (Fsp3) is 0.368. The Labute approximate surface area is 156 Å². The summed E-state index contributed by atoms with van der Waals surface area (Å²) in [5, 5.41) is 29.9. The van der Waals surface area contributed by atoms with Crippen molar-refractivity contribution in [3.8, 4) is 17.5 Å². The molecule has 0 aliphatic carbocycles. The van der Waals surface area contributed by atoms with Crippen LogP contribution in [0.5, 0.6) is 17.5 Å². The molecule has 8 nitrogen and oxygen atoms in total. The largest absolute Gasteiger partial charge is 0.493 e. The topological polar surface area (TPSA) is 112 Å². The van der Waals surface area contributed by atoms with Crippen molar-refractivity contribution in [2.45, 2.75) is 39.1 Å². The normalized spacial score (nSPS) is 16.1. The van der Waals surface area contributed by atoms with E-state index < -0.39 is 17.8 Å². The summed E-state index contributed by atoms with van der Waals surface area (Å²) in [6, 6.07) is 7.95. The summed E-state index contributed by atoms with van der Waals surface area (Å²) >= 11 is 0. The summed E-state index contributed by atoms with van der Waals surface area (Å²) in [4.78, 5) is 16.9. The third-order valence-electron chi connectivity index (χ3n) is 3.96. The Morgan fingerprint density at radius 1 is 1.26 bits per heavy atom. The molecule has 1 unspecified atom stereocenters. The molecule has 0 amide bonds. The number of aromatic hydroxyl groups is 2. The molecule has 0 radical (unpaired) electrons. The minimum Gasteiger partial charge on any atom is -0.493 e. The number of pyridine rings is 1. The van der Waals surface area contributed by atoms with Gasteiger partial charge in [0.2, 0.25) is 11.8 Å². The van der Waals surface area contributed by atoms with Crippen LogP contribution in [0.25, 0.3) is 0 Å². The predicted octanol–water partition coefficient (Wildman–Crippen LogP) is 2.22. The van der Waals surface area contributed by atoms with Gasteiger partial charge in [0.05, 0.1) is 0 Å². The van der Waals surface area contributed by atoms with E-state index in [1.165, 1.54) is 12.1 Å². The molecule has 1 aromatic carbocycles. The minimum atomic E-state index is -1.03. The van der Waals surface area contributed by atoms with Crippen LogP contribution in [0.1, 0.15) is 38.1 Å². The van der Waals surface area contributed by atoms with Crippen molar-refractivity contribution < 1.29 is 29.6 Å². The Bertz CT molecular complexity index is 862. The van der Waals surface area contributed by atoms with Crippen LogP contribution >= 0.6 is 0 Å². The van der Waals surface area contributed by atoms with Gasteiger partial charge in [-0.3, -0.25) is 0 Å². The molecule has 1 aliphatic heterocycles. The summed E-state index contributed by atoms with van der Waals surface area (Å²) in [5.74, 6) is -0.734. The maximum Gasteiger partial charge on any atom is 0.344 e. The van der Waals surface area contributed by atoms with E-state index in [1.54, 1.807) is 43.9 Å². The van der Waals surface area contributed by atoms with Gasteiger partial charge >= 0.3 is 5.97 Å². The van der Waals surface area contributed by atoms with Crippen molar-refractivity contribution in [3.05, 3.63) is 41.5 Å². The van der Waals surface area contributed by atoms with Crippen molar-refractivity contribution in [2.75, 3.05) is 11.5 Å². The van der Waals surface area contributed by atoms with Crippen LogP contribution < -0.4 is 9.64 Å². The van der Waals surface area contributed by atoms with Crippen LogP contribution in [0.3, 0.4) is 0 Å². The Kier molecular flexibility index (Phi) is 4.84. The van der Waals surface area contributed by atoms with Crippen LogP contribution in [0.2, 0.25) is 0 Å². The quantitative estimate of drug-likeness (QED) is 0.699. The predicted molar refractivity (Wildman–Crippen MR) is 96.5 cm³/mol. The van der Waals surface area contributed by atoms with Gasteiger partial charge in [0.1, 0.15) is 17.0 Å². The molecule has 0 bridgehead atoms. The zero-order chi connectivity index (χ0) is 19.8. The van der Waals surface area contributed by atoms with E-state index >= 15 is 0 Å². The number of anilines is 1. The van der Waals surface area contributed by atoms with Crippen molar-refractivity contribution in [3.63, 3.8) is 0 Å². The van der Waals surface area contributed by atoms with E-state index in [9.17, 15) is 20.1 Å². The van der Waals surface area contributed by atoms with Crippen LogP contribution in [-0.2, 0) is 16.1 Å². The lowest BCUT2D eigenvalue weighted by atomic mass is 10.1. The minimum absolute atomic E-state index is 0.238. The molecule has 1 aromatic heterocycles.